The fourth-order valence-electron chi connectivity index (χ4n) is 4.08. The first-order valence-corrected chi connectivity index (χ1v) is 10.2. The fourth-order valence-corrected chi connectivity index (χ4v) is 4.08. The minimum absolute atomic E-state index is 0.0855. The topological polar surface area (TPSA) is 87.9 Å². The van der Waals surface area contributed by atoms with Crippen LogP contribution < -0.4 is 4.74 Å². The number of amides is 1. The van der Waals surface area contributed by atoms with Crippen LogP contribution >= 0.6 is 0 Å². The first-order chi connectivity index (χ1) is 14.7. The molecule has 1 aliphatic heterocycles. The van der Waals surface area contributed by atoms with Crippen LogP contribution in [-0.4, -0.2) is 70.7 Å². The summed E-state index contributed by atoms with van der Waals surface area (Å²) in [5.74, 6) is -0.861. The average Bonchev–Trinajstić information content (AvgIpc) is 3.13. The highest BCUT2D eigenvalue weighted by molar-refractivity contribution is 6.46. The van der Waals surface area contributed by atoms with Gasteiger partial charge in [0.2, 0.25) is 0 Å². The van der Waals surface area contributed by atoms with Crippen molar-refractivity contribution < 1.29 is 19.4 Å². The number of Topliss-reactive ketones (excluding diaryl/α,β-unsaturated/α-hetero) is 1. The maximum Gasteiger partial charge on any atom is 0.295 e. The summed E-state index contributed by atoms with van der Waals surface area (Å²) in [5, 5.41) is 15.6. The Morgan fingerprint density at radius 2 is 1.97 bits per heavy atom. The molecule has 166 valence electrons. The van der Waals surface area contributed by atoms with Gasteiger partial charge in [-0.25, -0.2) is 0 Å². The predicted octanol–water partition coefficient (Wildman–Crippen LogP) is 2.42. The number of ketones is 1. The van der Waals surface area contributed by atoms with E-state index in [1.54, 1.807) is 42.8 Å². The molecule has 3 rings (SSSR count). The van der Waals surface area contributed by atoms with Gasteiger partial charge in [0, 0.05) is 19.3 Å². The molecule has 2 aromatic rings. The molecule has 0 aliphatic carbocycles. The smallest absolute Gasteiger partial charge is 0.295 e. The molecule has 1 aromatic heterocycles. The first-order valence-electron chi connectivity index (χ1n) is 10.2. The molecule has 8 heteroatoms. The summed E-state index contributed by atoms with van der Waals surface area (Å²) >= 11 is 0. The van der Waals surface area contributed by atoms with Crippen LogP contribution in [-0.2, 0) is 16.6 Å². The van der Waals surface area contributed by atoms with E-state index < -0.39 is 17.7 Å². The van der Waals surface area contributed by atoms with Crippen LogP contribution in [0, 0.1) is 13.8 Å². The highest BCUT2D eigenvalue weighted by atomic mass is 16.5. The Kier molecular flexibility index (Phi) is 6.50. The summed E-state index contributed by atoms with van der Waals surface area (Å²) in [7, 11) is 7.26. The van der Waals surface area contributed by atoms with Crippen molar-refractivity contribution in [3.05, 3.63) is 52.4 Å². The third kappa shape index (κ3) is 4.20. The molecule has 1 atom stereocenters. The summed E-state index contributed by atoms with van der Waals surface area (Å²) in [6, 6.07) is 6.56. The van der Waals surface area contributed by atoms with Crippen LogP contribution in [0.25, 0.3) is 5.76 Å². The van der Waals surface area contributed by atoms with E-state index in [1.165, 1.54) is 0 Å². The molecule has 0 radical (unpaired) electrons. The second-order valence-electron chi connectivity index (χ2n) is 8.10. The molecule has 1 amide bonds. The molecule has 1 aromatic carbocycles. The van der Waals surface area contributed by atoms with Gasteiger partial charge in [-0.15, -0.1) is 0 Å². The van der Waals surface area contributed by atoms with Gasteiger partial charge < -0.3 is 19.6 Å². The van der Waals surface area contributed by atoms with Gasteiger partial charge in [0.1, 0.15) is 11.5 Å². The molecular formula is C23H30N4O4. The Balaban J connectivity index is 2.17. The summed E-state index contributed by atoms with van der Waals surface area (Å²) in [6.45, 7) is 4.76. The van der Waals surface area contributed by atoms with Gasteiger partial charge >= 0.3 is 0 Å². The van der Waals surface area contributed by atoms with Gasteiger partial charge in [-0.2, -0.15) is 5.10 Å². The zero-order valence-corrected chi connectivity index (χ0v) is 19.0. The normalized spacial score (nSPS) is 18.3. The Bertz CT molecular complexity index is 1040. The van der Waals surface area contributed by atoms with Crippen LogP contribution in [0.15, 0.2) is 29.8 Å². The molecule has 1 aliphatic rings. The lowest BCUT2D eigenvalue weighted by Crippen LogP contribution is -2.32. The molecule has 1 fully saturated rings. The van der Waals surface area contributed by atoms with Crippen molar-refractivity contribution >= 4 is 17.4 Å². The lowest BCUT2D eigenvalue weighted by atomic mass is 9.94. The van der Waals surface area contributed by atoms with E-state index >= 15 is 0 Å². The largest absolute Gasteiger partial charge is 0.507 e. The number of aromatic nitrogens is 2. The minimum atomic E-state index is -0.698. The number of nitrogens with zero attached hydrogens (tertiary/aromatic N) is 4. The molecule has 31 heavy (non-hydrogen) atoms. The molecule has 0 spiro atoms. The maximum absolute atomic E-state index is 13.1. The van der Waals surface area contributed by atoms with Crippen LogP contribution in [0.4, 0.5) is 0 Å². The molecule has 1 saturated heterocycles. The van der Waals surface area contributed by atoms with E-state index in [4.69, 9.17) is 4.74 Å². The van der Waals surface area contributed by atoms with Crippen molar-refractivity contribution in [2.24, 2.45) is 7.05 Å². The number of benzene rings is 1. The summed E-state index contributed by atoms with van der Waals surface area (Å²) in [4.78, 5) is 29.7. The van der Waals surface area contributed by atoms with Gasteiger partial charge in [-0.3, -0.25) is 14.3 Å². The lowest BCUT2D eigenvalue weighted by Gasteiger charge is -2.26. The lowest BCUT2D eigenvalue weighted by molar-refractivity contribution is -0.139. The van der Waals surface area contributed by atoms with Crippen LogP contribution in [0.5, 0.6) is 5.75 Å². The predicted molar refractivity (Wildman–Crippen MR) is 118 cm³/mol. The molecule has 0 unspecified atom stereocenters. The SMILES string of the molecule is COc1cccc([C@@H]2C(=C(O)c3c(C)nn(C)c3C)C(=O)C(=O)N2CCCN(C)C)c1. The quantitative estimate of drug-likeness (QED) is 0.416. The van der Waals surface area contributed by atoms with Crippen molar-refractivity contribution in [3.63, 3.8) is 0 Å². The van der Waals surface area contributed by atoms with Crippen LogP contribution in [0.1, 0.15) is 35.0 Å². The number of aryl methyl sites for hydroxylation is 2. The van der Waals surface area contributed by atoms with Crippen LogP contribution in [0.3, 0.4) is 0 Å². The molecule has 2 heterocycles. The summed E-state index contributed by atoms with van der Waals surface area (Å²) in [6.07, 6.45) is 0.700. The number of likely N-dealkylation sites (tertiary alicyclic amines) is 1. The summed E-state index contributed by atoms with van der Waals surface area (Å²) < 4.78 is 7.00. The van der Waals surface area contributed by atoms with E-state index in [0.717, 1.165) is 12.2 Å². The Morgan fingerprint density at radius 1 is 1.26 bits per heavy atom. The van der Waals surface area contributed by atoms with Crippen molar-refractivity contribution in [2.45, 2.75) is 26.3 Å². The maximum atomic E-state index is 13.1. The number of hydrogen-bond donors (Lipinski definition) is 1. The fraction of sp³-hybridized carbons (Fsp3) is 0.435. The van der Waals surface area contributed by atoms with Gasteiger partial charge in [0.25, 0.3) is 11.7 Å². The van der Waals surface area contributed by atoms with Crippen molar-refractivity contribution in [1.82, 2.24) is 19.6 Å². The van der Waals surface area contributed by atoms with E-state index in [9.17, 15) is 14.7 Å². The number of ether oxygens (including phenoxy) is 1. The van der Waals surface area contributed by atoms with Crippen molar-refractivity contribution in [1.29, 1.82) is 0 Å². The Labute approximate surface area is 182 Å². The molecule has 1 N–H and O–H groups in total. The average molecular weight is 427 g/mol. The van der Waals surface area contributed by atoms with E-state index in [0.29, 0.717) is 35.5 Å². The third-order valence-electron chi connectivity index (χ3n) is 5.70. The molecule has 0 saturated carbocycles. The second-order valence-corrected chi connectivity index (χ2v) is 8.10. The number of aliphatic hydroxyl groups is 1. The minimum Gasteiger partial charge on any atom is -0.507 e. The van der Waals surface area contributed by atoms with Gasteiger partial charge in [0.05, 0.1) is 30.0 Å². The van der Waals surface area contributed by atoms with Gasteiger partial charge in [-0.05, 0) is 58.6 Å². The standard InChI is InChI=1S/C23H30N4O4/c1-14-18(15(2)26(5)24-14)21(28)19-20(16-9-7-10-17(13-16)31-6)27(23(30)22(19)29)12-8-11-25(3)4/h7,9-10,13,20,28H,8,11-12H2,1-6H3/t20-/m1/s1. The zero-order chi connectivity index (χ0) is 22.9. The third-order valence-corrected chi connectivity index (χ3v) is 5.70. The van der Waals surface area contributed by atoms with Gasteiger partial charge in [-0.1, -0.05) is 12.1 Å². The number of carbonyl (C=O) groups is 2. The molecule has 8 nitrogen and oxygen atoms in total. The molecular weight excluding hydrogens is 396 g/mol. The number of hydrogen-bond acceptors (Lipinski definition) is 6. The summed E-state index contributed by atoms with van der Waals surface area (Å²) in [5.41, 5.74) is 2.60. The zero-order valence-electron chi connectivity index (χ0n) is 19.0. The molecule has 0 bridgehead atoms. The van der Waals surface area contributed by atoms with E-state index in [2.05, 4.69) is 5.10 Å². The Hall–Kier alpha value is -3.13. The van der Waals surface area contributed by atoms with Crippen molar-refractivity contribution in [2.75, 3.05) is 34.3 Å². The highest BCUT2D eigenvalue weighted by Gasteiger charge is 2.46. The Morgan fingerprint density at radius 3 is 2.55 bits per heavy atom. The number of methoxy groups -OCH3 is 1. The first kappa shape index (κ1) is 22.6. The van der Waals surface area contributed by atoms with Crippen LogP contribution in [0.2, 0.25) is 0 Å². The number of rotatable bonds is 7. The van der Waals surface area contributed by atoms with E-state index in [-0.39, 0.29) is 11.3 Å². The number of aliphatic hydroxyl groups excluding tert-OH is 1. The second kappa shape index (κ2) is 8.93. The highest BCUT2D eigenvalue weighted by Crippen LogP contribution is 2.41. The van der Waals surface area contributed by atoms with Crippen molar-refractivity contribution in [3.8, 4) is 5.75 Å². The van der Waals surface area contributed by atoms with E-state index in [1.807, 2.05) is 38.1 Å². The monoisotopic (exact) mass is 426 g/mol. The number of carbonyl (C=O) groups excluding carboxylic acids is 2. The van der Waals surface area contributed by atoms with Gasteiger partial charge in [0.15, 0.2) is 0 Å².